The SMILES string of the molecule is O=C(CNC(=O)c1cccc(Cl)c1)NCC[C@H](O)C(=O)O. The van der Waals surface area contributed by atoms with Gasteiger partial charge in [0.2, 0.25) is 5.91 Å². The average molecular weight is 315 g/mol. The number of aliphatic hydroxyl groups excluding tert-OH is 1. The van der Waals surface area contributed by atoms with Gasteiger partial charge in [-0.15, -0.1) is 0 Å². The van der Waals surface area contributed by atoms with Crippen LogP contribution in [-0.2, 0) is 9.59 Å². The maximum absolute atomic E-state index is 11.7. The van der Waals surface area contributed by atoms with Crippen molar-refractivity contribution >= 4 is 29.4 Å². The Kier molecular flexibility index (Phi) is 6.64. The summed E-state index contributed by atoms with van der Waals surface area (Å²) in [6.45, 7) is -0.256. The zero-order chi connectivity index (χ0) is 15.8. The van der Waals surface area contributed by atoms with Crippen LogP contribution in [-0.4, -0.2) is 47.2 Å². The molecule has 0 aromatic heterocycles. The molecular weight excluding hydrogens is 300 g/mol. The minimum Gasteiger partial charge on any atom is -0.479 e. The molecule has 0 heterocycles. The van der Waals surface area contributed by atoms with Crippen molar-refractivity contribution in [3.05, 3.63) is 34.9 Å². The Morgan fingerprint density at radius 3 is 2.57 bits per heavy atom. The molecule has 1 atom stereocenters. The highest BCUT2D eigenvalue weighted by atomic mass is 35.5. The standard InChI is InChI=1S/C13H15ClN2O5/c14-9-3-1-2-8(6-9)12(19)16-7-11(18)15-5-4-10(17)13(20)21/h1-3,6,10,17H,4-5,7H2,(H,15,18)(H,16,19)(H,20,21)/t10-/m0/s1. The molecule has 1 aromatic carbocycles. The number of carboxylic acids is 1. The van der Waals surface area contributed by atoms with E-state index in [2.05, 4.69) is 10.6 Å². The van der Waals surface area contributed by atoms with Gasteiger partial charge in [0.05, 0.1) is 6.54 Å². The van der Waals surface area contributed by atoms with Crippen molar-refractivity contribution in [2.24, 2.45) is 0 Å². The Morgan fingerprint density at radius 2 is 1.95 bits per heavy atom. The van der Waals surface area contributed by atoms with Crippen LogP contribution in [0.3, 0.4) is 0 Å². The second-order valence-corrected chi connectivity index (χ2v) is 4.62. The molecular formula is C13H15ClN2O5. The fourth-order valence-corrected chi connectivity index (χ4v) is 1.62. The number of benzene rings is 1. The van der Waals surface area contributed by atoms with E-state index in [9.17, 15) is 14.4 Å². The monoisotopic (exact) mass is 314 g/mol. The molecule has 4 N–H and O–H groups in total. The van der Waals surface area contributed by atoms with Crippen molar-refractivity contribution < 1.29 is 24.6 Å². The Balaban J connectivity index is 2.30. The lowest BCUT2D eigenvalue weighted by Crippen LogP contribution is -2.38. The summed E-state index contributed by atoms with van der Waals surface area (Å²) in [5.41, 5.74) is 0.330. The number of hydrogen-bond acceptors (Lipinski definition) is 4. The third-order valence-corrected chi connectivity index (χ3v) is 2.76. The quantitative estimate of drug-likeness (QED) is 0.566. The molecule has 0 aliphatic carbocycles. The van der Waals surface area contributed by atoms with E-state index in [4.69, 9.17) is 21.8 Å². The fraction of sp³-hybridized carbons (Fsp3) is 0.308. The molecule has 1 aromatic rings. The van der Waals surface area contributed by atoms with Crippen LogP contribution in [0.1, 0.15) is 16.8 Å². The van der Waals surface area contributed by atoms with Crippen LogP contribution >= 0.6 is 11.6 Å². The van der Waals surface area contributed by atoms with Crippen LogP contribution in [0.2, 0.25) is 5.02 Å². The predicted octanol–water partition coefficient (Wildman–Crippen LogP) is 0.0216. The van der Waals surface area contributed by atoms with Gasteiger partial charge in [-0.1, -0.05) is 17.7 Å². The number of rotatable bonds is 7. The number of carbonyl (C=O) groups is 3. The summed E-state index contributed by atoms with van der Waals surface area (Å²) in [6.07, 6.45) is -1.63. The maximum atomic E-state index is 11.7. The zero-order valence-electron chi connectivity index (χ0n) is 11.0. The van der Waals surface area contributed by atoms with Gasteiger partial charge in [0.25, 0.3) is 5.91 Å². The van der Waals surface area contributed by atoms with Crippen LogP contribution in [0, 0.1) is 0 Å². The van der Waals surface area contributed by atoms with Crippen molar-refractivity contribution in [1.82, 2.24) is 10.6 Å². The molecule has 0 aliphatic rings. The van der Waals surface area contributed by atoms with Gasteiger partial charge in [0, 0.05) is 23.6 Å². The summed E-state index contributed by atoms with van der Waals surface area (Å²) in [5, 5.41) is 22.6. The molecule has 2 amide bonds. The van der Waals surface area contributed by atoms with Gasteiger partial charge in [-0.2, -0.15) is 0 Å². The van der Waals surface area contributed by atoms with Crippen LogP contribution < -0.4 is 10.6 Å². The Labute approximate surface area is 125 Å². The average Bonchev–Trinajstić information content (AvgIpc) is 2.44. The van der Waals surface area contributed by atoms with Crippen molar-refractivity contribution in [3.8, 4) is 0 Å². The van der Waals surface area contributed by atoms with E-state index in [1.165, 1.54) is 6.07 Å². The maximum Gasteiger partial charge on any atom is 0.332 e. The molecule has 8 heteroatoms. The third-order valence-electron chi connectivity index (χ3n) is 2.52. The zero-order valence-corrected chi connectivity index (χ0v) is 11.8. The number of aliphatic carboxylic acids is 1. The molecule has 0 saturated heterocycles. The molecule has 0 spiro atoms. The molecule has 0 radical (unpaired) electrons. The number of nitrogens with one attached hydrogen (secondary N) is 2. The number of hydrogen-bond donors (Lipinski definition) is 4. The van der Waals surface area contributed by atoms with Gasteiger partial charge in [0.15, 0.2) is 6.10 Å². The first-order valence-electron chi connectivity index (χ1n) is 6.11. The third kappa shape index (κ3) is 6.24. The molecule has 0 unspecified atom stereocenters. The highest BCUT2D eigenvalue weighted by Gasteiger charge is 2.13. The van der Waals surface area contributed by atoms with E-state index in [-0.39, 0.29) is 19.5 Å². The molecule has 0 fully saturated rings. The van der Waals surface area contributed by atoms with Crippen LogP contribution in [0.15, 0.2) is 24.3 Å². The minimum absolute atomic E-state index is 0.000659. The first-order chi connectivity index (χ1) is 9.90. The van der Waals surface area contributed by atoms with Crippen LogP contribution in [0.25, 0.3) is 0 Å². The number of aliphatic hydroxyl groups is 1. The largest absolute Gasteiger partial charge is 0.479 e. The molecule has 0 aliphatic heterocycles. The first kappa shape index (κ1) is 16.9. The smallest absolute Gasteiger partial charge is 0.332 e. The molecule has 114 valence electrons. The second kappa shape index (κ2) is 8.23. The normalized spacial score (nSPS) is 11.5. The molecule has 0 bridgehead atoms. The summed E-state index contributed by atoms with van der Waals surface area (Å²) in [5.74, 6) is -2.28. The summed E-state index contributed by atoms with van der Waals surface area (Å²) >= 11 is 5.74. The van der Waals surface area contributed by atoms with Gasteiger partial charge in [-0.3, -0.25) is 9.59 Å². The van der Waals surface area contributed by atoms with Gasteiger partial charge < -0.3 is 20.8 Å². The Hall–Kier alpha value is -2.12. The van der Waals surface area contributed by atoms with E-state index in [0.717, 1.165) is 0 Å². The topological polar surface area (TPSA) is 116 Å². The highest BCUT2D eigenvalue weighted by molar-refractivity contribution is 6.30. The lowest BCUT2D eigenvalue weighted by Gasteiger charge is -2.08. The van der Waals surface area contributed by atoms with Gasteiger partial charge in [-0.05, 0) is 18.2 Å². The number of halogens is 1. The summed E-state index contributed by atoms with van der Waals surface area (Å²) in [4.78, 5) is 33.5. The van der Waals surface area contributed by atoms with Crippen LogP contribution in [0.5, 0.6) is 0 Å². The minimum atomic E-state index is -1.52. The molecule has 21 heavy (non-hydrogen) atoms. The summed E-state index contributed by atoms with van der Waals surface area (Å²) in [6, 6.07) is 6.27. The summed E-state index contributed by atoms with van der Waals surface area (Å²) < 4.78 is 0. The van der Waals surface area contributed by atoms with Crippen molar-refractivity contribution in [3.63, 3.8) is 0 Å². The second-order valence-electron chi connectivity index (χ2n) is 4.19. The highest BCUT2D eigenvalue weighted by Crippen LogP contribution is 2.10. The molecule has 7 nitrogen and oxygen atoms in total. The van der Waals surface area contributed by atoms with E-state index >= 15 is 0 Å². The number of carboxylic acid groups (broad SMARTS) is 1. The van der Waals surface area contributed by atoms with E-state index in [0.29, 0.717) is 10.6 Å². The number of amides is 2. The molecule has 0 saturated carbocycles. The number of carbonyl (C=O) groups excluding carboxylic acids is 2. The predicted molar refractivity (Wildman–Crippen MR) is 75.1 cm³/mol. The van der Waals surface area contributed by atoms with Gasteiger partial charge in [0.1, 0.15) is 0 Å². The summed E-state index contributed by atoms with van der Waals surface area (Å²) in [7, 11) is 0. The Bertz CT molecular complexity index is 535. The van der Waals surface area contributed by atoms with E-state index < -0.39 is 23.9 Å². The van der Waals surface area contributed by atoms with Crippen molar-refractivity contribution in [1.29, 1.82) is 0 Å². The van der Waals surface area contributed by atoms with E-state index in [1.807, 2.05) is 0 Å². The fourth-order valence-electron chi connectivity index (χ4n) is 1.43. The van der Waals surface area contributed by atoms with Gasteiger partial charge >= 0.3 is 5.97 Å². The lowest BCUT2D eigenvalue weighted by atomic mass is 10.2. The molecule has 1 rings (SSSR count). The van der Waals surface area contributed by atoms with Crippen molar-refractivity contribution in [2.75, 3.05) is 13.1 Å². The Morgan fingerprint density at radius 1 is 1.24 bits per heavy atom. The lowest BCUT2D eigenvalue weighted by molar-refractivity contribution is -0.147. The van der Waals surface area contributed by atoms with E-state index in [1.54, 1.807) is 18.2 Å². The van der Waals surface area contributed by atoms with Crippen molar-refractivity contribution in [2.45, 2.75) is 12.5 Å². The first-order valence-corrected chi connectivity index (χ1v) is 6.49. The van der Waals surface area contributed by atoms with Crippen LogP contribution in [0.4, 0.5) is 0 Å². The van der Waals surface area contributed by atoms with Gasteiger partial charge in [-0.25, -0.2) is 4.79 Å².